The van der Waals surface area contributed by atoms with Crippen LogP contribution in [0.15, 0.2) is 0 Å². The molecule has 84 valence electrons. The predicted octanol–water partition coefficient (Wildman–Crippen LogP) is 2.66. The third-order valence-electron chi connectivity index (χ3n) is 2.07. The Kier molecular flexibility index (Phi) is 3.19. The molecule has 0 aliphatic rings. The summed E-state index contributed by atoms with van der Waals surface area (Å²) < 4.78 is 0. The number of carbonyl (C=O) groups is 1. The molecule has 15 heavy (non-hydrogen) atoms. The van der Waals surface area contributed by atoms with Gasteiger partial charge in [-0.15, -0.1) is 11.3 Å². The van der Waals surface area contributed by atoms with Gasteiger partial charge in [-0.05, 0) is 5.92 Å². The van der Waals surface area contributed by atoms with E-state index < -0.39 is 0 Å². The molecule has 0 aliphatic carbocycles. The van der Waals surface area contributed by atoms with Gasteiger partial charge in [0, 0.05) is 5.41 Å². The number of rotatable bonds is 2. The maximum atomic E-state index is 11.3. The van der Waals surface area contributed by atoms with Crippen molar-refractivity contribution in [1.82, 2.24) is 4.98 Å². The molecule has 0 spiro atoms. The lowest BCUT2D eigenvalue weighted by Crippen LogP contribution is -2.12. The number of carbonyl (C=O) groups excluding carboxylic acids is 1. The average Bonchev–Trinajstić information content (AvgIpc) is 2.45. The maximum absolute atomic E-state index is 11.3. The standard InChI is InChI=1S/C11H18N2OS/c1-6(2)7-8(9(12)14)15-10(13-7)11(3,4)5/h6H,1-5H3,(H2,12,14). The minimum Gasteiger partial charge on any atom is -0.365 e. The van der Waals surface area contributed by atoms with Crippen LogP contribution in [0.2, 0.25) is 0 Å². The van der Waals surface area contributed by atoms with Crippen molar-refractivity contribution in [3.63, 3.8) is 0 Å². The van der Waals surface area contributed by atoms with E-state index in [2.05, 4.69) is 25.8 Å². The van der Waals surface area contributed by atoms with Gasteiger partial charge in [-0.3, -0.25) is 4.79 Å². The van der Waals surface area contributed by atoms with Gasteiger partial charge >= 0.3 is 0 Å². The normalized spacial score (nSPS) is 12.1. The van der Waals surface area contributed by atoms with E-state index >= 15 is 0 Å². The van der Waals surface area contributed by atoms with E-state index in [1.54, 1.807) is 0 Å². The molecule has 0 atom stereocenters. The molecule has 0 saturated heterocycles. The quantitative estimate of drug-likeness (QED) is 0.842. The minimum absolute atomic E-state index is 0.0258. The van der Waals surface area contributed by atoms with Crippen LogP contribution in [-0.4, -0.2) is 10.9 Å². The molecule has 1 aromatic rings. The summed E-state index contributed by atoms with van der Waals surface area (Å²) in [7, 11) is 0. The predicted molar refractivity (Wildman–Crippen MR) is 63.4 cm³/mol. The summed E-state index contributed by atoms with van der Waals surface area (Å²) in [5.74, 6) is -0.133. The summed E-state index contributed by atoms with van der Waals surface area (Å²) in [5.41, 5.74) is 6.15. The van der Waals surface area contributed by atoms with Crippen LogP contribution >= 0.6 is 11.3 Å². The number of primary amides is 1. The number of thiazole rings is 1. The van der Waals surface area contributed by atoms with Gasteiger partial charge in [0.1, 0.15) is 4.88 Å². The third kappa shape index (κ3) is 2.56. The number of nitrogens with zero attached hydrogens (tertiary/aromatic N) is 1. The Balaban J connectivity index is 3.28. The molecule has 2 N–H and O–H groups in total. The summed E-state index contributed by atoms with van der Waals surface area (Å²) in [5, 5.41) is 0.972. The second-order valence-electron chi connectivity index (χ2n) is 5.00. The third-order valence-corrected chi connectivity index (χ3v) is 3.58. The summed E-state index contributed by atoms with van der Waals surface area (Å²) >= 11 is 1.42. The Morgan fingerprint density at radius 2 is 1.93 bits per heavy atom. The van der Waals surface area contributed by atoms with Crippen LogP contribution in [0.4, 0.5) is 0 Å². The number of hydrogen-bond donors (Lipinski definition) is 1. The summed E-state index contributed by atoms with van der Waals surface area (Å²) in [6.45, 7) is 10.3. The van der Waals surface area contributed by atoms with Crippen LogP contribution in [0.25, 0.3) is 0 Å². The van der Waals surface area contributed by atoms with E-state index in [9.17, 15) is 4.79 Å². The van der Waals surface area contributed by atoms with Crippen molar-refractivity contribution in [1.29, 1.82) is 0 Å². The Morgan fingerprint density at radius 1 is 1.40 bits per heavy atom. The van der Waals surface area contributed by atoms with Crippen molar-refractivity contribution in [2.24, 2.45) is 5.73 Å². The molecule has 0 saturated carbocycles. The van der Waals surface area contributed by atoms with Crippen molar-refractivity contribution in [3.05, 3.63) is 15.6 Å². The van der Waals surface area contributed by atoms with E-state index in [4.69, 9.17) is 5.73 Å². The molecule has 0 radical (unpaired) electrons. The smallest absolute Gasteiger partial charge is 0.260 e. The summed E-state index contributed by atoms with van der Waals surface area (Å²) in [6, 6.07) is 0. The lowest BCUT2D eigenvalue weighted by atomic mass is 9.98. The van der Waals surface area contributed by atoms with Gasteiger partial charge in [0.05, 0.1) is 10.7 Å². The van der Waals surface area contributed by atoms with Crippen LogP contribution in [-0.2, 0) is 5.41 Å². The largest absolute Gasteiger partial charge is 0.365 e. The fraction of sp³-hybridized carbons (Fsp3) is 0.636. The Bertz CT molecular complexity index is 374. The molecular weight excluding hydrogens is 208 g/mol. The van der Waals surface area contributed by atoms with Crippen molar-refractivity contribution in [3.8, 4) is 0 Å². The molecule has 0 bridgehead atoms. The monoisotopic (exact) mass is 226 g/mol. The van der Waals surface area contributed by atoms with E-state index in [1.807, 2.05) is 13.8 Å². The lowest BCUT2D eigenvalue weighted by Gasteiger charge is -2.13. The first-order chi connectivity index (χ1) is 6.73. The van der Waals surface area contributed by atoms with E-state index in [-0.39, 0.29) is 17.2 Å². The molecule has 0 aliphatic heterocycles. The van der Waals surface area contributed by atoms with Crippen molar-refractivity contribution in [2.45, 2.75) is 46.0 Å². The summed E-state index contributed by atoms with van der Waals surface area (Å²) in [4.78, 5) is 16.4. The fourth-order valence-corrected chi connectivity index (χ4v) is 2.35. The SMILES string of the molecule is CC(C)c1nc(C(C)(C)C)sc1C(N)=O. The average molecular weight is 226 g/mol. The van der Waals surface area contributed by atoms with Crippen molar-refractivity contribution in [2.75, 3.05) is 0 Å². The van der Waals surface area contributed by atoms with E-state index in [1.165, 1.54) is 11.3 Å². The highest BCUT2D eigenvalue weighted by molar-refractivity contribution is 7.14. The number of amides is 1. The van der Waals surface area contributed by atoms with Crippen molar-refractivity contribution >= 4 is 17.2 Å². The van der Waals surface area contributed by atoms with Gasteiger partial charge in [-0.1, -0.05) is 34.6 Å². The van der Waals surface area contributed by atoms with Gasteiger partial charge in [-0.2, -0.15) is 0 Å². The van der Waals surface area contributed by atoms with Crippen LogP contribution in [0, 0.1) is 0 Å². The van der Waals surface area contributed by atoms with Gasteiger partial charge in [0.2, 0.25) is 0 Å². The zero-order chi connectivity index (χ0) is 11.8. The van der Waals surface area contributed by atoms with E-state index in [0.717, 1.165) is 10.7 Å². The first kappa shape index (κ1) is 12.2. The number of nitrogens with two attached hydrogens (primary N) is 1. The molecule has 1 rings (SSSR count). The zero-order valence-corrected chi connectivity index (χ0v) is 10.7. The molecule has 1 heterocycles. The second kappa shape index (κ2) is 3.93. The van der Waals surface area contributed by atoms with Crippen LogP contribution in [0.3, 0.4) is 0 Å². The molecule has 0 fully saturated rings. The van der Waals surface area contributed by atoms with Crippen LogP contribution in [0.5, 0.6) is 0 Å². The highest BCUT2D eigenvalue weighted by atomic mass is 32.1. The van der Waals surface area contributed by atoms with Gasteiger partial charge in [0.15, 0.2) is 0 Å². The topological polar surface area (TPSA) is 56.0 Å². The lowest BCUT2D eigenvalue weighted by molar-refractivity contribution is 0.100. The maximum Gasteiger partial charge on any atom is 0.260 e. The van der Waals surface area contributed by atoms with Crippen LogP contribution < -0.4 is 5.73 Å². The molecule has 0 unspecified atom stereocenters. The highest BCUT2D eigenvalue weighted by Crippen LogP contribution is 2.32. The summed E-state index contributed by atoms with van der Waals surface area (Å²) in [6.07, 6.45) is 0. The number of aromatic nitrogens is 1. The molecule has 0 aromatic carbocycles. The van der Waals surface area contributed by atoms with E-state index in [0.29, 0.717) is 4.88 Å². The molecular formula is C11H18N2OS. The highest BCUT2D eigenvalue weighted by Gasteiger charge is 2.24. The fourth-order valence-electron chi connectivity index (χ4n) is 1.22. The molecule has 3 nitrogen and oxygen atoms in total. The zero-order valence-electron chi connectivity index (χ0n) is 9.92. The first-order valence-corrected chi connectivity index (χ1v) is 5.86. The Labute approximate surface area is 94.7 Å². The van der Waals surface area contributed by atoms with Gasteiger partial charge in [-0.25, -0.2) is 4.98 Å². The molecule has 1 amide bonds. The Morgan fingerprint density at radius 3 is 2.20 bits per heavy atom. The molecule has 1 aromatic heterocycles. The Hall–Kier alpha value is -0.900. The van der Waals surface area contributed by atoms with Gasteiger partial charge < -0.3 is 5.73 Å². The van der Waals surface area contributed by atoms with Crippen molar-refractivity contribution < 1.29 is 4.79 Å². The second-order valence-corrected chi connectivity index (χ2v) is 6.00. The van der Waals surface area contributed by atoms with Crippen LogP contribution in [0.1, 0.15) is 60.9 Å². The number of hydrogen-bond acceptors (Lipinski definition) is 3. The minimum atomic E-state index is -0.369. The molecule has 4 heteroatoms. The first-order valence-electron chi connectivity index (χ1n) is 5.04. The van der Waals surface area contributed by atoms with Gasteiger partial charge in [0.25, 0.3) is 5.91 Å².